The van der Waals surface area contributed by atoms with E-state index in [2.05, 4.69) is 17.2 Å². The van der Waals surface area contributed by atoms with Gasteiger partial charge in [0.25, 0.3) is 5.91 Å². The summed E-state index contributed by atoms with van der Waals surface area (Å²) in [6, 6.07) is 12.2. The van der Waals surface area contributed by atoms with Crippen molar-refractivity contribution in [3.63, 3.8) is 0 Å². The van der Waals surface area contributed by atoms with Crippen LogP contribution in [0.3, 0.4) is 0 Å². The van der Waals surface area contributed by atoms with Crippen LogP contribution < -0.4 is 19.9 Å². The highest BCUT2D eigenvalue weighted by atomic mass is 19.1. The Morgan fingerprint density at radius 1 is 0.857 bits per heavy atom. The van der Waals surface area contributed by atoms with E-state index >= 15 is 0 Å². The van der Waals surface area contributed by atoms with E-state index < -0.39 is 11.7 Å². The molecule has 0 bridgehead atoms. The molecule has 2 aliphatic carbocycles. The lowest BCUT2D eigenvalue weighted by Gasteiger charge is -2.30. The van der Waals surface area contributed by atoms with Gasteiger partial charge in [0.05, 0.1) is 41.1 Å². The van der Waals surface area contributed by atoms with Crippen LogP contribution in [0.5, 0.6) is 5.75 Å². The van der Waals surface area contributed by atoms with Crippen LogP contribution in [0.4, 0.5) is 33.0 Å². The highest BCUT2D eigenvalue weighted by Crippen LogP contribution is 2.42. The molecule has 6 rings (SSSR count). The molecule has 1 aromatic heterocycles. The Labute approximate surface area is 291 Å². The molecule has 2 aromatic carbocycles. The van der Waals surface area contributed by atoms with Crippen LogP contribution in [0, 0.1) is 29.5 Å². The molecule has 4 atom stereocenters. The number of halogens is 1. The lowest BCUT2D eigenvalue weighted by atomic mass is 9.76. The number of hydrogen-bond donors (Lipinski definition) is 1. The summed E-state index contributed by atoms with van der Waals surface area (Å²) in [5.74, 6) is 2.94. The fraction of sp³-hybridized carbons (Fsp3) is 0.537. The van der Waals surface area contributed by atoms with Gasteiger partial charge >= 0.3 is 0 Å². The van der Waals surface area contributed by atoms with Crippen LogP contribution in [0.15, 0.2) is 48.7 Å². The van der Waals surface area contributed by atoms with Crippen molar-refractivity contribution in [1.82, 2.24) is 4.98 Å². The number of anilines is 5. The van der Waals surface area contributed by atoms with Crippen molar-refractivity contribution in [2.45, 2.75) is 97.3 Å². The minimum Gasteiger partial charge on any atom is -0.492 e. The molecule has 2 fully saturated rings. The monoisotopic (exact) mass is 668 g/mol. The number of carbonyl (C=O) groups excluding carboxylic acids is 2. The van der Waals surface area contributed by atoms with Crippen LogP contribution in [0.2, 0.25) is 0 Å². The Hall–Kier alpha value is -3.94. The summed E-state index contributed by atoms with van der Waals surface area (Å²) in [5.41, 5.74) is 3.18. The smallest absolute Gasteiger partial charge is 0.263 e. The molecule has 0 spiro atoms. The van der Waals surface area contributed by atoms with Gasteiger partial charge in [-0.05, 0) is 74.3 Å². The molecule has 3 aliphatic rings. The highest BCUT2D eigenvalue weighted by Gasteiger charge is 2.31. The van der Waals surface area contributed by atoms with E-state index in [1.54, 1.807) is 25.4 Å². The third-order valence-electron chi connectivity index (χ3n) is 11.4. The maximum absolute atomic E-state index is 14.8. The number of amides is 1. The number of hydrogen-bond acceptors (Lipinski definition) is 6. The molecule has 2 heterocycles. The molecule has 4 unspecified atom stereocenters. The van der Waals surface area contributed by atoms with E-state index in [-0.39, 0.29) is 17.3 Å². The second-order valence-electron chi connectivity index (χ2n) is 14.6. The predicted octanol–water partition coefficient (Wildman–Crippen LogP) is 10.5. The highest BCUT2D eigenvalue weighted by molar-refractivity contribution is 6.13. The van der Waals surface area contributed by atoms with Gasteiger partial charge in [0.1, 0.15) is 17.4 Å². The largest absolute Gasteiger partial charge is 0.492 e. The number of aromatic nitrogens is 1. The van der Waals surface area contributed by atoms with Gasteiger partial charge < -0.3 is 19.9 Å². The Bertz CT molecular complexity index is 1640. The molecular weight excluding hydrogens is 615 g/mol. The van der Waals surface area contributed by atoms with Crippen molar-refractivity contribution in [3.05, 3.63) is 65.6 Å². The third kappa shape index (κ3) is 7.79. The maximum atomic E-state index is 14.8. The molecular formula is C41H53FN4O3. The maximum Gasteiger partial charge on any atom is 0.263 e. The van der Waals surface area contributed by atoms with Crippen molar-refractivity contribution in [3.8, 4) is 5.75 Å². The number of ketones is 1. The number of benzene rings is 2. The van der Waals surface area contributed by atoms with E-state index in [0.717, 1.165) is 43.4 Å². The fourth-order valence-corrected chi connectivity index (χ4v) is 8.48. The van der Waals surface area contributed by atoms with E-state index in [1.165, 1.54) is 68.8 Å². The van der Waals surface area contributed by atoms with E-state index in [9.17, 15) is 14.0 Å². The summed E-state index contributed by atoms with van der Waals surface area (Å²) in [5, 5.41) is 3.38. The number of fused-ring (bicyclic) bond motifs is 2. The molecule has 1 aliphatic heterocycles. The number of nitrogens with one attached hydrogen (secondary N) is 1. The summed E-state index contributed by atoms with van der Waals surface area (Å²) in [4.78, 5) is 35.0. The summed E-state index contributed by atoms with van der Waals surface area (Å²) >= 11 is 0. The Kier molecular flexibility index (Phi) is 11.2. The van der Waals surface area contributed by atoms with E-state index in [4.69, 9.17) is 4.74 Å². The summed E-state index contributed by atoms with van der Waals surface area (Å²) in [6.45, 7) is 4.81. The third-order valence-corrected chi connectivity index (χ3v) is 11.4. The average molecular weight is 669 g/mol. The van der Waals surface area contributed by atoms with Crippen LogP contribution in [-0.2, 0) is 0 Å². The topological polar surface area (TPSA) is 74.8 Å². The van der Waals surface area contributed by atoms with Crippen molar-refractivity contribution in [2.75, 3.05) is 35.8 Å². The molecule has 7 nitrogen and oxygen atoms in total. The van der Waals surface area contributed by atoms with Crippen molar-refractivity contribution in [1.29, 1.82) is 0 Å². The zero-order valence-electron chi connectivity index (χ0n) is 29.8. The predicted molar refractivity (Wildman–Crippen MR) is 196 cm³/mol. The van der Waals surface area contributed by atoms with Gasteiger partial charge in [0.2, 0.25) is 0 Å². The van der Waals surface area contributed by atoms with Crippen molar-refractivity contribution in [2.24, 2.45) is 23.7 Å². The SMILES string of the molecule is CCOc1cc(C(=O)C2CCCCC(C3CCCCC(C)CC3)CCC2)ccc1Nc1cc2c(cn1)N(C)C(=O)c1c(F)cccc1N2C. The van der Waals surface area contributed by atoms with Gasteiger partial charge in [-0.25, -0.2) is 9.37 Å². The number of nitrogens with zero attached hydrogens (tertiary/aromatic N) is 3. The first-order valence-corrected chi connectivity index (χ1v) is 18.6. The summed E-state index contributed by atoms with van der Waals surface area (Å²) in [6.07, 6.45) is 17.9. The summed E-state index contributed by atoms with van der Waals surface area (Å²) in [7, 11) is 3.44. The van der Waals surface area contributed by atoms with Crippen LogP contribution in [0.1, 0.15) is 118 Å². The first kappa shape index (κ1) is 34.9. The molecule has 1 amide bonds. The van der Waals surface area contributed by atoms with Crippen molar-refractivity contribution < 1.29 is 18.7 Å². The normalized spacial score (nSPS) is 23.5. The zero-order valence-corrected chi connectivity index (χ0v) is 29.8. The molecule has 8 heteroatoms. The number of ether oxygens (including phenoxy) is 1. The number of carbonyl (C=O) groups is 2. The van der Waals surface area contributed by atoms with Gasteiger partial charge in [-0.15, -0.1) is 0 Å². The van der Waals surface area contributed by atoms with Crippen LogP contribution in [0.25, 0.3) is 0 Å². The van der Waals surface area contributed by atoms with Gasteiger partial charge in [-0.2, -0.15) is 0 Å². The van der Waals surface area contributed by atoms with E-state index in [0.29, 0.717) is 46.5 Å². The van der Waals surface area contributed by atoms with Gasteiger partial charge in [0, 0.05) is 31.6 Å². The second-order valence-corrected chi connectivity index (χ2v) is 14.6. The Morgan fingerprint density at radius 2 is 1.57 bits per heavy atom. The van der Waals surface area contributed by atoms with Crippen LogP contribution in [-0.4, -0.2) is 37.4 Å². The number of Topliss-reactive ketones (excluding diaryl/α,β-unsaturated/α-hetero) is 1. The minimum absolute atomic E-state index is 0.0292. The van der Waals surface area contributed by atoms with Crippen LogP contribution >= 0.6 is 0 Å². The lowest BCUT2D eigenvalue weighted by Crippen LogP contribution is -2.26. The molecule has 49 heavy (non-hydrogen) atoms. The second kappa shape index (κ2) is 15.7. The molecule has 3 aromatic rings. The Balaban J connectivity index is 1.17. The molecule has 2 saturated carbocycles. The number of rotatable bonds is 7. The zero-order chi connectivity index (χ0) is 34.5. The van der Waals surface area contributed by atoms with Gasteiger partial charge in [-0.1, -0.05) is 77.2 Å². The summed E-state index contributed by atoms with van der Waals surface area (Å²) < 4.78 is 20.9. The van der Waals surface area contributed by atoms with Gasteiger partial charge in [0.15, 0.2) is 5.78 Å². The molecule has 1 N–H and O–H groups in total. The minimum atomic E-state index is -0.560. The fourth-order valence-electron chi connectivity index (χ4n) is 8.48. The lowest BCUT2D eigenvalue weighted by molar-refractivity contribution is 0.0901. The van der Waals surface area contributed by atoms with E-state index in [1.807, 2.05) is 43.1 Å². The number of pyridine rings is 1. The Morgan fingerprint density at radius 3 is 2.37 bits per heavy atom. The average Bonchev–Trinajstić information content (AvgIpc) is 3.17. The van der Waals surface area contributed by atoms with Gasteiger partial charge in [-0.3, -0.25) is 9.59 Å². The molecule has 0 radical (unpaired) electrons. The molecule has 262 valence electrons. The van der Waals surface area contributed by atoms with Crippen molar-refractivity contribution >= 4 is 40.3 Å². The first-order chi connectivity index (χ1) is 23.7. The standard InChI is InChI=1S/C41H53FN4O3/c1-5-49-37-24-31(40(47)30-15-9-8-13-28(16-10-17-30)29-14-7-6-12-27(2)20-21-29)22-23-33(37)44-38-25-35-36(26-43-38)46(4)41(48)39-32(42)18-11-19-34(39)45(35)3/h11,18-19,22-30H,5-10,12-17,20-21H2,1-4H3,(H,43,44). The quantitative estimate of drug-likeness (QED) is 0.253. The first-order valence-electron chi connectivity index (χ1n) is 18.6. The molecule has 0 saturated heterocycles.